The third-order valence-electron chi connectivity index (χ3n) is 6.06. The summed E-state index contributed by atoms with van der Waals surface area (Å²) in [6, 6.07) is 13.2. The molecule has 8 heteroatoms. The van der Waals surface area contributed by atoms with Crippen LogP contribution in [0.3, 0.4) is 0 Å². The van der Waals surface area contributed by atoms with Crippen molar-refractivity contribution >= 4 is 33.1 Å². The summed E-state index contributed by atoms with van der Waals surface area (Å²) in [5.41, 5.74) is 4.29. The highest BCUT2D eigenvalue weighted by molar-refractivity contribution is 7.90. The standard InChI is InChI=1S/C24H30N4O3S/c1-17-8-9-21(19(3)14-17)27-10-12-28(13-11-27)24(29)16-18(2)15-23-25-20-6-4-5-7-22(20)32(30,31)26-23/h4-9,14,18H,10-13,15-16H2,1-3H3,(H,25,26)/t18-/m1/s1. The Hall–Kier alpha value is -2.87. The predicted molar refractivity (Wildman–Crippen MR) is 128 cm³/mol. The van der Waals surface area contributed by atoms with Gasteiger partial charge in [0.1, 0.15) is 10.7 Å². The van der Waals surface area contributed by atoms with Crippen molar-refractivity contribution in [3.05, 3.63) is 53.6 Å². The molecule has 32 heavy (non-hydrogen) atoms. The normalized spacial score (nSPS) is 18.4. The number of nitrogens with zero attached hydrogens (tertiary/aromatic N) is 3. The zero-order valence-electron chi connectivity index (χ0n) is 18.8. The molecule has 0 bridgehead atoms. The molecule has 2 aromatic carbocycles. The summed E-state index contributed by atoms with van der Waals surface area (Å²) in [7, 11) is -3.70. The number of hydrogen-bond acceptors (Lipinski definition) is 5. The van der Waals surface area contributed by atoms with Gasteiger partial charge in [0.2, 0.25) is 5.91 Å². The van der Waals surface area contributed by atoms with Crippen LogP contribution in [0.25, 0.3) is 0 Å². The number of anilines is 2. The van der Waals surface area contributed by atoms with E-state index in [4.69, 9.17) is 0 Å². The van der Waals surface area contributed by atoms with Crippen LogP contribution in [-0.2, 0) is 14.8 Å². The van der Waals surface area contributed by atoms with Crippen molar-refractivity contribution in [1.82, 2.24) is 4.90 Å². The van der Waals surface area contributed by atoms with E-state index in [9.17, 15) is 13.2 Å². The number of aryl methyl sites for hydroxylation is 2. The summed E-state index contributed by atoms with van der Waals surface area (Å²) in [5.74, 6) is 0.479. The van der Waals surface area contributed by atoms with Crippen LogP contribution in [0.15, 0.2) is 51.8 Å². The largest absolute Gasteiger partial charge is 0.368 e. The van der Waals surface area contributed by atoms with E-state index in [0.29, 0.717) is 37.5 Å². The van der Waals surface area contributed by atoms with E-state index in [2.05, 4.69) is 46.7 Å². The number of carbonyl (C=O) groups is 1. The number of amides is 1. The van der Waals surface area contributed by atoms with Gasteiger partial charge < -0.3 is 15.1 Å². The van der Waals surface area contributed by atoms with Gasteiger partial charge in [0.05, 0.1) is 5.69 Å². The van der Waals surface area contributed by atoms with Crippen LogP contribution >= 0.6 is 0 Å². The zero-order chi connectivity index (χ0) is 22.9. The molecule has 2 heterocycles. The van der Waals surface area contributed by atoms with Gasteiger partial charge in [-0.25, -0.2) is 0 Å². The minimum Gasteiger partial charge on any atom is -0.368 e. The lowest BCUT2D eigenvalue weighted by molar-refractivity contribution is -0.132. The Labute approximate surface area is 190 Å². The summed E-state index contributed by atoms with van der Waals surface area (Å²) >= 11 is 0. The third-order valence-corrected chi connectivity index (χ3v) is 7.44. The monoisotopic (exact) mass is 454 g/mol. The molecule has 2 aromatic rings. The van der Waals surface area contributed by atoms with Crippen LogP contribution in [0, 0.1) is 19.8 Å². The maximum absolute atomic E-state index is 12.9. The highest BCUT2D eigenvalue weighted by Crippen LogP contribution is 2.28. The molecular weight excluding hydrogens is 424 g/mol. The Kier molecular flexibility index (Phi) is 6.24. The fourth-order valence-corrected chi connectivity index (χ4v) is 5.60. The minimum atomic E-state index is -3.70. The SMILES string of the molecule is Cc1ccc(N2CCN(C(=O)C[C@H](C)CC3=NS(=O)(=O)c4ccccc4N3)CC2)c(C)c1. The van der Waals surface area contributed by atoms with Crippen LogP contribution in [0.5, 0.6) is 0 Å². The summed E-state index contributed by atoms with van der Waals surface area (Å²) in [4.78, 5) is 17.3. The number of amidine groups is 1. The molecule has 0 radical (unpaired) electrons. The molecule has 170 valence electrons. The van der Waals surface area contributed by atoms with Gasteiger partial charge in [-0.05, 0) is 43.5 Å². The maximum Gasteiger partial charge on any atom is 0.286 e. The minimum absolute atomic E-state index is 0.0217. The fraction of sp³-hybridized carbons (Fsp3) is 0.417. The van der Waals surface area contributed by atoms with Gasteiger partial charge in [-0.15, -0.1) is 4.40 Å². The Morgan fingerprint density at radius 3 is 2.53 bits per heavy atom. The summed E-state index contributed by atoms with van der Waals surface area (Å²) in [6.45, 7) is 9.20. The van der Waals surface area contributed by atoms with Crippen molar-refractivity contribution in [3.8, 4) is 0 Å². The number of rotatable bonds is 5. The number of piperazine rings is 1. The van der Waals surface area contributed by atoms with Gasteiger partial charge >= 0.3 is 0 Å². The molecule has 4 rings (SSSR count). The first-order valence-corrected chi connectivity index (χ1v) is 12.5. The van der Waals surface area contributed by atoms with Crippen molar-refractivity contribution in [2.45, 2.75) is 38.5 Å². The molecule has 1 amide bonds. The fourth-order valence-electron chi connectivity index (χ4n) is 4.44. The molecule has 2 aliphatic heterocycles. The number of hydrogen-bond donors (Lipinski definition) is 1. The Morgan fingerprint density at radius 2 is 1.81 bits per heavy atom. The van der Waals surface area contributed by atoms with Crippen LogP contribution in [-0.4, -0.2) is 51.2 Å². The first kappa shape index (κ1) is 22.3. The van der Waals surface area contributed by atoms with E-state index in [1.807, 2.05) is 11.8 Å². The van der Waals surface area contributed by atoms with E-state index < -0.39 is 10.0 Å². The van der Waals surface area contributed by atoms with Crippen molar-refractivity contribution in [2.75, 3.05) is 36.4 Å². The van der Waals surface area contributed by atoms with Gasteiger partial charge in [0.15, 0.2) is 0 Å². The van der Waals surface area contributed by atoms with Crippen LogP contribution < -0.4 is 10.2 Å². The number of carbonyl (C=O) groups excluding carboxylic acids is 1. The molecule has 2 aliphatic rings. The number of nitrogens with one attached hydrogen (secondary N) is 1. The van der Waals surface area contributed by atoms with E-state index in [1.165, 1.54) is 16.8 Å². The second-order valence-corrected chi connectivity index (χ2v) is 10.4. The number of para-hydroxylation sites is 1. The van der Waals surface area contributed by atoms with E-state index >= 15 is 0 Å². The molecule has 1 atom stereocenters. The molecule has 0 aromatic heterocycles. The van der Waals surface area contributed by atoms with E-state index in [0.717, 1.165) is 13.1 Å². The second kappa shape index (κ2) is 8.94. The quantitative estimate of drug-likeness (QED) is 0.747. The van der Waals surface area contributed by atoms with Gasteiger partial charge in [0.25, 0.3) is 10.0 Å². The van der Waals surface area contributed by atoms with Crippen molar-refractivity contribution in [1.29, 1.82) is 0 Å². The molecule has 1 N–H and O–H groups in total. The highest BCUT2D eigenvalue weighted by Gasteiger charge is 2.27. The molecule has 0 spiro atoms. The lowest BCUT2D eigenvalue weighted by Crippen LogP contribution is -2.49. The topological polar surface area (TPSA) is 82.1 Å². The molecule has 0 saturated carbocycles. The first-order chi connectivity index (χ1) is 15.2. The summed E-state index contributed by atoms with van der Waals surface area (Å²) < 4.78 is 28.8. The Morgan fingerprint density at radius 1 is 1.09 bits per heavy atom. The number of fused-ring (bicyclic) bond motifs is 1. The molecule has 0 aliphatic carbocycles. The smallest absolute Gasteiger partial charge is 0.286 e. The first-order valence-electron chi connectivity index (χ1n) is 11.0. The highest BCUT2D eigenvalue weighted by atomic mass is 32.2. The van der Waals surface area contributed by atoms with Crippen LogP contribution in [0.4, 0.5) is 11.4 Å². The molecule has 1 saturated heterocycles. The predicted octanol–water partition coefficient (Wildman–Crippen LogP) is 3.58. The molecule has 0 unspecified atom stereocenters. The third kappa shape index (κ3) is 4.80. The number of sulfonamides is 1. The lowest BCUT2D eigenvalue weighted by Gasteiger charge is -2.37. The molecular formula is C24H30N4O3S. The number of benzene rings is 2. The van der Waals surface area contributed by atoms with Gasteiger partial charge in [-0.1, -0.05) is 36.8 Å². The van der Waals surface area contributed by atoms with Gasteiger partial charge in [-0.3, -0.25) is 4.79 Å². The maximum atomic E-state index is 12.9. The van der Waals surface area contributed by atoms with Gasteiger partial charge in [-0.2, -0.15) is 8.42 Å². The van der Waals surface area contributed by atoms with E-state index in [-0.39, 0.29) is 16.7 Å². The summed E-state index contributed by atoms with van der Waals surface area (Å²) in [6.07, 6.45) is 0.772. The lowest BCUT2D eigenvalue weighted by atomic mass is 10.0. The van der Waals surface area contributed by atoms with E-state index in [1.54, 1.807) is 24.3 Å². The molecule has 1 fully saturated rings. The summed E-state index contributed by atoms with van der Waals surface area (Å²) in [5, 5.41) is 3.11. The Bertz CT molecular complexity index is 1150. The van der Waals surface area contributed by atoms with Crippen LogP contribution in [0.2, 0.25) is 0 Å². The average molecular weight is 455 g/mol. The van der Waals surface area contributed by atoms with Gasteiger partial charge in [0, 0.05) is 44.7 Å². The average Bonchev–Trinajstić information content (AvgIpc) is 2.73. The second-order valence-electron chi connectivity index (χ2n) is 8.81. The van der Waals surface area contributed by atoms with Crippen molar-refractivity contribution in [3.63, 3.8) is 0 Å². The van der Waals surface area contributed by atoms with Crippen molar-refractivity contribution < 1.29 is 13.2 Å². The zero-order valence-corrected chi connectivity index (χ0v) is 19.7. The van der Waals surface area contributed by atoms with Crippen molar-refractivity contribution in [2.24, 2.45) is 10.3 Å². The Balaban J connectivity index is 1.32. The molecule has 7 nitrogen and oxygen atoms in total. The van der Waals surface area contributed by atoms with Crippen LogP contribution in [0.1, 0.15) is 30.9 Å².